The molecule has 2 rings (SSSR count). The van der Waals surface area contributed by atoms with Gasteiger partial charge in [-0.1, -0.05) is 36.0 Å². The molecule has 1 aromatic rings. The highest BCUT2D eigenvalue weighted by Crippen LogP contribution is 2.28. The lowest BCUT2D eigenvalue weighted by Crippen LogP contribution is -2.30. The summed E-state index contributed by atoms with van der Waals surface area (Å²) >= 11 is 11.8. The van der Waals surface area contributed by atoms with E-state index in [2.05, 4.69) is 5.32 Å². The van der Waals surface area contributed by atoms with Crippen LogP contribution in [0.3, 0.4) is 0 Å². The van der Waals surface area contributed by atoms with E-state index in [0.29, 0.717) is 28.1 Å². The molecule has 0 bridgehead atoms. The lowest BCUT2D eigenvalue weighted by molar-refractivity contribution is -0.154. The molecule has 0 aromatic heterocycles. The lowest BCUT2D eigenvalue weighted by atomic mass is 10.0. The molecule has 1 saturated carbocycles. The summed E-state index contributed by atoms with van der Waals surface area (Å²) in [5, 5.41) is 3.45. The Balaban J connectivity index is 1.84. The molecule has 0 saturated heterocycles. The number of anilines is 1. The fraction of sp³-hybridized carbons (Fsp3) is 0.500. The first-order valence-corrected chi connectivity index (χ1v) is 8.16. The van der Waals surface area contributed by atoms with Crippen molar-refractivity contribution in [2.45, 2.75) is 45.1 Å². The van der Waals surface area contributed by atoms with Gasteiger partial charge in [0, 0.05) is 11.4 Å². The van der Waals surface area contributed by atoms with Gasteiger partial charge in [-0.3, -0.25) is 9.59 Å². The highest BCUT2D eigenvalue weighted by Gasteiger charge is 2.23. The minimum absolute atomic E-state index is 0.322. The number of esters is 1. The van der Waals surface area contributed by atoms with Crippen molar-refractivity contribution in [2.24, 2.45) is 5.92 Å². The van der Waals surface area contributed by atoms with Gasteiger partial charge in [0.2, 0.25) is 0 Å². The second kappa shape index (κ2) is 7.84. The van der Waals surface area contributed by atoms with Gasteiger partial charge in [-0.2, -0.15) is 0 Å². The summed E-state index contributed by atoms with van der Waals surface area (Å²) in [6, 6.07) is 4.77. The number of benzene rings is 1. The zero-order valence-corrected chi connectivity index (χ0v) is 13.9. The Morgan fingerprint density at radius 2 is 2.00 bits per heavy atom. The van der Waals surface area contributed by atoms with Crippen LogP contribution in [0, 0.1) is 5.92 Å². The number of hydrogen-bond acceptors (Lipinski definition) is 3. The van der Waals surface area contributed by atoms with Crippen molar-refractivity contribution < 1.29 is 14.3 Å². The molecule has 0 aliphatic heterocycles. The van der Waals surface area contributed by atoms with E-state index in [4.69, 9.17) is 27.9 Å². The number of rotatable bonds is 5. The molecule has 0 spiro atoms. The van der Waals surface area contributed by atoms with Crippen molar-refractivity contribution in [3.05, 3.63) is 28.2 Å². The molecule has 4 nitrogen and oxygen atoms in total. The van der Waals surface area contributed by atoms with Crippen LogP contribution in [-0.4, -0.2) is 18.0 Å². The first-order valence-electron chi connectivity index (χ1n) is 7.41. The van der Waals surface area contributed by atoms with E-state index in [-0.39, 0.29) is 5.97 Å². The molecule has 120 valence electrons. The van der Waals surface area contributed by atoms with E-state index in [1.807, 2.05) is 0 Å². The lowest BCUT2D eigenvalue weighted by Gasteiger charge is -2.15. The third-order valence-electron chi connectivity index (χ3n) is 3.80. The second-order valence-corrected chi connectivity index (χ2v) is 6.44. The van der Waals surface area contributed by atoms with E-state index < -0.39 is 12.0 Å². The fourth-order valence-electron chi connectivity index (χ4n) is 2.57. The SMILES string of the molecule is C[C@H](OC(=O)CC1CCCC1)C(=O)Nc1ccc(Cl)cc1Cl. The van der Waals surface area contributed by atoms with Gasteiger partial charge in [0.05, 0.1) is 10.7 Å². The van der Waals surface area contributed by atoms with Crippen LogP contribution >= 0.6 is 23.2 Å². The maximum atomic E-state index is 12.0. The minimum Gasteiger partial charge on any atom is -0.453 e. The van der Waals surface area contributed by atoms with Crippen molar-refractivity contribution in [1.82, 2.24) is 0 Å². The van der Waals surface area contributed by atoms with Crippen LogP contribution in [0.2, 0.25) is 10.0 Å². The molecular weight excluding hydrogens is 325 g/mol. The monoisotopic (exact) mass is 343 g/mol. The average molecular weight is 344 g/mol. The van der Waals surface area contributed by atoms with Crippen LogP contribution in [0.15, 0.2) is 18.2 Å². The van der Waals surface area contributed by atoms with Gasteiger partial charge in [-0.05, 0) is 43.9 Å². The van der Waals surface area contributed by atoms with E-state index in [0.717, 1.165) is 12.8 Å². The number of nitrogens with one attached hydrogen (secondary N) is 1. The summed E-state index contributed by atoms with van der Waals surface area (Å²) in [5.41, 5.74) is 0.440. The van der Waals surface area contributed by atoms with E-state index >= 15 is 0 Å². The van der Waals surface area contributed by atoms with E-state index in [1.165, 1.54) is 18.9 Å². The van der Waals surface area contributed by atoms with Crippen molar-refractivity contribution in [1.29, 1.82) is 0 Å². The first-order chi connectivity index (χ1) is 10.5. The van der Waals surface area contributed by atoms with Crippen LogP contribution in [0.4, 0.5) is 5.69 Å². The zero-order chi connectivity index (χ0) is 16.1. The highest BCUT2D eigenvalue weighted by atomic mass is 35.5. The smallest absolute Gasteiger partial charge is 0.306 e. The van der Waals surface area contributed by atoms with Gasteiger partial charge >= 0.3 is 5.97 Å². The van der Waals surface area contributed by atoms with Gasteiger partial charge in [-0.15, -0.1) is 0 Å². The maximum absolute atomic E-state index is 12.0. The number of amides is 1. The molecule has 6 heteroatoms. The predicted octanol–water partition coefficient (Wildman–Crippen LogP) is 4.44. The van der Waals surface area contributed by atoms with Gasteiger partial charge < -0.3 is 10.1 Å². The molecule has 22 heavy (non-hydrogen) atoms. The highest BCUT2D eigenvalue weighted by molar-refractivity contribution is 6.36. The van der Waals surface area contributed by atoms with Gasteiger partial charge in [0.1, 0.15) is 0 Å². The van der Waals surface area contributed by atoms with E-state index in [9.17, 15) is 9.59 Å². The Hall–Kier alpha value is -1.26. The van der Waals surface area contributed by atoms with Crippen LogP contribution in [0.25, 0.3) is 0 Å². The molecule has 0 heterocycles. The van der Waals surface area contributed by atoms with Crippen LogP contribution in [-0.2, 0) is 14.3 Å². The van der Waals surface area contributed by atoms with E-state index in [1.54, 1.807) is 19.1 Å². The molecule has 1 N–H and O–H groups in total. The quantitative estimate of drug-likeness (QED) is 0.803. The molecule has 1 fully saturated rings. The zero-order valence-electron chi connectivity index (χ0n) is 12.4. The topological polar surface area (TPSA) is 55.4 Å². The maximum Gasteiger partial charge on any atom is 0.306 e. The van der Waals surface area contributed by atoms with Gasteiger partial charge in [-0.25, -0.2) is 0 Å². The Bertz CT molecular complexity index is 556. The summed E-state index contributed by atoms with van der Waals surface area (Å²) in [7, 11) is 0. The molecule has 0 radical (unpaired) electrons. The summed E-state index contributed by atoms with van der Waals surface area (Å²) in [6.45, 7) is 1.55. The molecule has 1 aliphatic carbocycles. The van der Waals surface area contributed by atoms with Gasteiger partial charge in [0.15, 0.2) is 6.10 Å². The normalized spacial score (nSPS) is 16.3. The summed E-state index contributed by atoms with van der Waals surface area (Å²) < 4.78 is 5.19. The summed E-state index contributed by atoms with van der Waals surface area (Å²) in [5.74, 6) is -0.339. The minimum atomic E-state index is -0.861. The Morgan fingerprint density at radius 1 is 1.32 bits per heavy atom. The second-order valence-electron chi connectivity index (χ2n) is 5.60. The number of halogens is 2. The predicted molar refractivity (Wildman–Crippen MR) is 87.2 cm³/mol. The van der Waals surface area contributed by atoms with Crippen LogP contribution in [0.5, 0.6) is 0 Å². The molecule has 1 atom stereocenters. The Labute approximate surface area is 140 Å². The van der Waals surface area contributed by atoms with Crippen LogP contribution in [0.1, 0.15) is 39.0 Å². The van der Waals surface area contributed by atoms with Crippen molar-refractivity contribution >= 4 is 40.8 Å². The third kappa shape index (κ3) is 4.89. The molecule has 1 aliphatic rings. The van der Waals surface area contributed by atoms with Crippen molar-refractivity contribution in [2.75, 3.05) is 5.32 Å². The summed E-state index contributed by atoms with van der Waals surface area (Å²) in [6.07, 6.45) is 4.00. The number of hydrogen-bond donors (Lipinski definition) is 1. The molecule has 0 unspecified atom stereocenters. The first kappa shape index (κ1) is 17.1. The Morgan fingerprint density at radius 3 is 2.64 bits per heavy atom. The number of ether oxygens (including phenoxy) is 1. The third-order valence-corrected chi connectivity index (χ3v) is 4.34. The van der Waals surface area contributed by atoms with Crippen LogP contribution < -0.4 is 5.32 Å². The average Bonchev–Trinajstić information content (AvgIpc) is 2.94. The summed E-state index contributed by atoms with van der Waals surface area (Å²) in [4.78, 5) is 23.9. The van der Waals surface area contributed by atoms with Crippen molar-refractivity contribution in [3.8, 4) is 0 Å². The number of carbonyl (C=O) groups excluding carboxylic acids is 2. The molecule has 1 amide bonds. The molecular formula is C16H19Cl2NO3. The Kier molecular flexibility index (Phi) is 6.09. The van der Waals surface area contributed by atoms with Gasteiger partial charge in [0.25, 0.3) is 5.91 Å². The van der Waals surface area contributed by atoms with Crippen molar-refractivity contribution in [3.63, 3.8) is 0 Å². The number of carbonyl (C=O) groups is 2. The fourth-order valence-corrected chi connectivity index (χ4v) is 3.03. The largest absolute Gasteiger partial charge is 0.453 e. The standard InChI is InChI=1S/C16H19Cl2NO3/c1-10(22-15(20)8-11-4-2-3-5-11)16(21)19-14-7-6-12(17)9-13(14)18/h6-7,9-11H,2-5,8H2,1H3,(H,19,21)/t10-/m0/s1. The molecule has 1 aromatic carbocycles.